The first-order valence-corrected chi connectivity index (χ1v) is 11.6. The smallest absolute Gasteiger partial charge is 0.326 e. The molecule has 9 heteroatoms. The van der Waals surface area contributed by atoms with Gasteiger partial charge in [0.15, 0.2) is 0 Å². The number of aliphatic carboxylic acids is 1. The highest BCUT2D eigenvalue weighted by Crippen LogP contribution is 2.23. The standard InChI is InChI=1S/C23H42N4O5/c1-9-14(3)17(24-7)20(29)26(8)18(15(4)10-2)19(28)25-23(5,6)22(32)27-13-11-12-16(27)21(30)31/h14-18,24H,9-13H2,1-8H3,(H,25,28)(H,30,31)/t14-,15-,16-,17-,18-/m0/s1. The largest absolute Gasteiger partial charge is 0.480 e. The van der Waals surface area contributed by atoms with Gasteiger partial charge in [-0.1, -0.05) is 40.5 Å². The molecule has 1 rings (SSSR count). The Hall–Kier alpha value is -2.16. The zero-order valence-corrected chi connectivity index (χ0v) is 20.9. The van der Waals surface area contributed by atoms with Crippen LogP contribution in [0.15, 0.2) is 0 Å². The van der Waals surface area contributed by atoms with E-state index in [1.807, 2.05) is 27.7 Å². The first-order chi connectivity index (χ1) is 14.8. The molecule has 5 atom stereocenters. The summed E-state index contributed by atoms with van der Waals surface area (Å²) in [4.78, 5) is 54.0. The average Bonchev–Trinajstić information content (AvgIpc) is 3.22. The third-order valence-electron chi connectivity index (χ3n) is 6.78. The number of likely N-dealkylation sites (tertiary alicyclic amines) is 1. The summed E-state index contributed by atoms with van der Waals surface area (Å²) in [6.45, 7) is 11.4. The van der Waals surface area contributed by atoms with Crippen molar-refractivity contribution in [1.29, 1.82) is 0 Å². The first-order valence-electron chi connectivity index (χ1n) is 11.6. The maximum Gasteiger partial charge on any atom is 0.326 e. The zero-order valence-electron chi connectivity index (χ0n) is 20.9. The highest BCUT2D eigenvalue weighted by molar-refractivity contribution is 5.96. The van der Waals surface area contributed by atoms with Crippen molar-refractivity contribution in [1.82, 2.24) is 20.4 Å². The van der Waals surface area contributed by atoms with E-state index in [1.54, 1.807) is 27.9 Å². The van der Waals surface area contributed by atoms with Crippen LogP contribution < -0.4 is 10.6 Å². The number of carbonyl (C=O) groups excluding carboxylic acids is 3. The highest BCUT2D eigenvalue weighted by Gasteiger charge is 2.43. The minimum Gasteiger partial charge on any atom is -0.480 e. The summed E-state index contributed by atoms with van der Waals surface area (Å²) in [5.41, 5.74) is -1.30. The van der Waals surface area contributed by atoms with Crippen molar-refractivity contribution in [2.24, 2.45) is 11.8 Å². The third-order valence-corrected chi connectivity index (χ3v) is 6.78. The zero-order chi connectivity index (χ0) is 24.8. The molecule has 0 bridgehead atoms. The van der Waals surface area contributed by atoms with E-state index in [0.29, 0.717) is 25.8 Å². The fraction of sp³-hybridized carbons (Fsp3) is 0.826. The average molecular weight is 455 g/mol. The van der Waals surface area contributed by atoms with Gasteiger partial charge in [-0.2, -0.15) is 0 Å². The number of nitrogens with zero attached hydrogens (tertiary/aromatic N) is 2. The lowest BCUT2D eigenvalue weighted by Gasteiger charge is -2.38. The van der Waals surface area contributed by atoms with Gasteiger partial charge in [-0.3, -0.25) is 14.4 Å². The first kappa shape index (κ1) is 27.9. The molecule has 0 aromatic carbocycles. The fourth-order valence-electron chi connectivity index (χ4n) is 4.34. The minimum absolute atomic E-state index is 0.0942. The Kier molecular flexibility index (Phi) is 10.1. The van der Waals surface area contributed by atoms with Gasteiger partial charge in [-0.05, 0) is 45.6 Å². The van der Waals surface area contributed by atoms with E-state index in [1.165, 1.54) is 9.80 Å². The van der Waals surface area contributed by atoms with Crippen LogP contribution in [-0.2, 0) is 19.2 Å². The summed E-state index contributed by atoms with van der Waals surface area (Å²) in [6.07, 6.45) is 2.50. The fourth-order valence-corrected chi connectivity index (χ4v) is 4.34. The van der Waals surface area contributed by atoms with E-state index in [9.17, 15) is 24.3 Å². The van der Waals surface area contributed by atoms with Gasteiger partial charge in [0.2, 0.25) is 17.7 Å². The van der Waals surface area contributed by atoms with Crippen LogP contribution in [0.4, 0.5) is 0 Å². The van der Waals surface area contributed by atoms with E-state index >= 15 is 0 Å². The predicted molar refractivity (Wildman–Crippen MR) is 123 cm³/mol. The van der Waals surface area contributed by atoms with Crippen molar-refractivity contribution in [3.8, 4) is 0 Å². The Morgan fingerprint density at radius 3 is 2.16 bits per heavy atom. The third kappa shape index (κ3) is 6.21. The molecule has 0 spiro atoms. The Morgan fingerprint density at radius 2 is 1.69 bits per heavy atom. The van der Waals surface area contributed by atoms with Gasteiger partial charge in [0.1, 0.15) is 17.6 Å². The van der Waals surface area contributed by atoms with E-state index in [-0.39, 0.29) is 17.7 Å². The summed E-state index contributed by atoms with van der Waals surface area (Å²) < 4.78 is 0. The summed E-state index contributed by atoms with van der Waals surface area (Å²) >= 11 is 0. The molecule has 3 amide bonds. The number of amides is 3. The van der Waals surface area contributed by atoms with Crippen molar-refractivity contribution in [2.45, 2.75) is 90.9 Å². The van der Waals surface area contributed by atoms with Gasteiger partial charge in [0.05, 0.1) is 6.04 Å². The molecule has 0 aromatic heterocycles. The van der Waals surface area contributed by atoms with Crippen LogP contribution in [0.3, 0.4) is 0 Å². The van der Waals surface area contributed by atoms with Crippen molar-refractivity contribution < 1.29 is 24.3 Å². The highest BCUT2D eigenvalue weighted by atomic mass is 16.4. The van der Waals surface area contributed by atoms with Gasteiger partial charge in [-0.15, -0.1) is 0 Å². The van der Waals surface area contributed by atoms with Crippen LogP contribution in [0, 0.1) is 11.8 Å². The van der Waals surface area contributed by atoms with Crippen molar-refractivity contribution in [3.63, 3.8) is 0 Å². The van der Waals surface area contributed by atoms with E-state index in [0.717, 1.165) is 6.42 Å². The molecule has 184 valence electrons. The summed E-state index contributed by atoms with van der Waals surface area (Å²) in [5, 5.41) is 15.3. The molecule has 32 heavy (non-hydrogen) atoms. The van der Waals surface area contributed by atoms with Crippen LogP contribution in [-0.4, -0.2) is 82.9 Å². The van der Waals surface area contributed by atoms with Gasteiger partial charge < -0.3 is 25.5 Å². The molecule has 1 saturated heterocycles. The Balaban J connectivity index is 3.10. The second-order valence-corrected chi connectivity index (χ2v) is 9.54. The SMILES string of the molecule is CC[C@H](C)[C@H](NC)C(=O)N(C)[C@H](C(=O)NC(C)(C)C(=O)N1CCC[C@H]1C(=O)O)[C@@H](C)CC. The Bertz CT molecular complexity index is 696. The number of carboxylic acids is 1. The molecule has 0 unspecified atom stereocenters. The molecule has 1 aliphatic heterocycles. The van der Waals surface area contributed by atoms with Gasteiger partial charge in [0, 0.05) is 13.6 Å². The lowest BCUT2D eigenvalue weighted by Crippen LogP contribution is -2.63. The quantitative estimate of drug-likeness (QED) is 0.435. The molecule has 0 saturated carbocycles. The van der Waals surface area contributed by atoms with Gasteiger partial charge in [0.25, 0.3) is 0 Å². The second-order valence-electron chi connectivity index (χ2n) is 9.54. The molecule has 0 radical (unpaired) electrons. The molecule has 0 aliphatic carbocycles. The predicted octanol–water partition coefficient (Wildman–Crippen LogP) is 1.46. The number of rotatable bonds is 11. The van der Waals surface area contributed by atoms with Crippen molar-refractivity contribution in [2.75, 3.05) is 20.6 Å². The summed E-state index contributed by atoms with van der Waals surface area (Å²) in [6, 6.07) is -2.05. The monoisotopic (exact) mass is 454 g/mol. The Morgan fingerprint density at radius 1 is 1.12 bits per heavy atom. The number of nitrogens with one attached hydrogen (secondary N) is 2. The normalized spacial score (nSPS) is 20.2. The second kappa shape index (κ2) is 11.6. The molecule has 3 N–H and O–H groups in total. The lowest BCUT2D eigenvalue weighted by atomic mass is 9.92. The maximum atomic E-state index is 13.4. The van der Waals surface area contributed by atoms with Crippen LogP contribution >= 0.6 is 0 Å². The molecule has 1 fully saturated rings. The van der Waals surface area contributed by atoms with Crippen molar-refractivity contribution >= 4 is 23.7 Å². The summed E-state index contributed by atoms with van der Waals surface area (Å²) in [7, 11) is 3.36. The minimum atomic E-state index is -1.30. The molecular formula is C23H42N4O5. The van der Waals surface area contributed by atoms with Crippen molar-refractivity contribution in [3.05, 3.63) is 0 Å². The van der Waals surface area contributed by atoms with Crippen LogP contribution in [0.25, 0.3) is 0 Å². The van der Waals surface area contributed by atoms with Crippen LogP contribution in [0.1, 0.15) is 67.2 Å². The number of likely N-dealkylation sites (N-methyl/N-ethyl adjacent to an activating group) is 2. The maximum absolute atomic E-state index is 13.4. The van der Waals surface area contributed by atoms with Gasteiger partial charge >= 0.3 is 5.97 Å². The Labute approximate surface area is 192 Å². The van der Waals surface area contributed by atoms with Crippen LogP contribution in [0.2, 0.25) is 0 Å². The topological polar surface area (TPSA) is 119 Å². The number of carbonyl (C=O) groups is 4. The van der Waals surface area contributed by atoms with Crippen LogP contribution in [0.5, 0.6) is 0 Å². The van der Waals surface area contributed by atoms with E-state index in [2.05, 4.69) is 10.6 Å². The number of hydrogen-bond acceptors (Lipinski definition) is 5. The number of carboxylic acid groups (broad SMARTS) is 1. The lowest BCUT2D eigenvalue weighted by molar-refractivity contribution is -0.152. The molecule has 0 aromatic rings. The number of hydrogen-bond donors (Lipinski definition) is 3. The van der Waals surface area contributed by atoms with E-state index < -0.39 is 41.4 Å². The molecular weight excluding hydrogens is 412 g/mol. The molecule has 1 aliphatic rings. The summed E-state index contributed by atoms with van der Waals surface area (Å²) in [5.74, 6) is -2.10. The molecule has 1 heterocycles. The van der Waals surface area contributed by atoms with E-state index in [4.69, 9.17) is 0 Å². The van der Waals surface area contributed by atoms with Gasteiger partial charge in [-0.25, -0.2) is 4.79 Å². The molecule has 9 nitrogen and oxygen atoms in total.